The molecular formula is C35H36N2O5. The topological polar surface area (TPSA) is 78.0 Å². The Morgan fingerprint density at radius 2 is 1.55 bits per heavy atom. The van der Waals surface area contributed by atoms with Crippen LogP contribution in [0.3, 0.4) is 0 Å². The molecule has 2 heterocycles. The Morgan fingerprint density at radius 1 is 0.786 bits per heavy atom. The van der Waals surface area contributed by atoms with Gasteiger partial charge in [0, 0.05) is 59.5 Å². The predicted molar refractivity (Wildman–Crippen MR) is 164 cm³/mol. The molecule has 2 aliphatic heterocycles. The molecule has 4 aromatic rings. The second kappa shape index (κ2) is 10.8. The number of carbonyl (C=O) groups excluding carboxylic acids is 1. The fourth-order valence-electron chi connectivity index (χ4n) is 6.03. The molecule has 0 fully saturated rings. The van der Waals surface area contributed by atoms with Gasteiger partial charge in [0.25, 0.3) is 0 Å². The molecular weight excluding hydrogens is 528 g/mol. The smallest absolute Gasteiger partial charge is 0.340 e. The molecule has 1 unspecified atom stereocenters. The van der Waals surface area contributed by atoms with Gasteiger partial charge in [-0.3, -0.25) is 0 Å². The molecule has 2 N–H and O–H groups in total. The van der Waals surface area contributed by atoms with E-state index in [1.165, 1.54) is 5.56 Å². The van der Waals surface area contributed by atoms with Crippen LogP contribution in [0.1, 0.15) is 65.4 Å². The summed E-state index contributed by atoms with van der Waals surface area (Å²) in [5.41, 5.74) is 6.66. The number of esters is 1. The first-order valence-corrected chi connectivity index (χ1v) is 14.5. The molecule has 0 radical (unpaired) electrons. The van der Waals surface area contributed by atoms with Gasteiger partial charge in [0.1, 0.15) is 11.5 Å². The second-order valence-corrected chi connectivity index (χ2v) is 10.7. The third-order valence-corrected chi connectivity index (χ3v) is 7.93. The minimum atomic E-state index is -1.17. The molecule has 2 aliphatic rings. The van der Waals surface area contributed by atoms with Crippen LogP contribution in [0, 0.1) is 13.8 Å². The maximum Gasteiger partial charge on any atom is 0.340 e. The number of hydrogen-bond acceptors (Lipinski definition) is 7. The van der Waals surface area contributed by atoms with E-state index in [-0.39, 0.29) is 5.97 Å². The fraction of sp³-hybridized carbons (Fsp3) is 0.286. The van der Waals surface area contributed by atoms with Crippen molar-refractivity contribution >= 4 is 23.0 Å². The Kier molecular flexibility index (Phi) is 7.17. The van der Waals surface area contributed by atoms with E-state index in [2.05, 4.69) is 42.7 Å². The van der Waals surface area contributed by atoms with Crippen molar-refractivity contribution in [3.63, 3.8) is 0 Å². The second-order valence-electron chi connectivity index (χ2n) is 10.7. The summed E-state index contributed by atoms with van der Waals surface area (Å²) >= 11 is 0. The first kappa shape index (κ1) is 27.8. The molecule has 0 saturated heterocycles. The lowest BCUT2D eigenvalue weighted by atomic mass is 9.77. The van der Waals surface area contributed by atoms with Gasteiger partial charge >= 0.3 is 5.97 Å². The molecule has 1 spiro atoms. The van der Waals surface area contributed by atoms with Crippen LogP contribution < -0.4 is 15.4 Å². The Morgan fingerprint density at radius 3 is 2.29 bits per heavy atom. The van der Waals surface area contributed by atoms with Crippen LogP contribution in [0.2, 0.25) is 0 Å². The number of rotatable bonds is 9. The first-order chi connectivity index (χ1) is 20.3. The van der Waals surface area contributed by atoms with Crippen molar-refractivity contribution < 1.29 is 23.7 Å². The van der Waals surface area contributed by atoms with Gasteiger partial charge in [-0.2, -0.15) is 0 Å². The van der Waals surface area contributed by atoms with Crippen LogP contribution in [-0.4, -0.2) is 25.1 Å². The molecule has 42 heavy (non-hydrogen) atoms. The third kappa shape index (κ3) is 4.59. The van der Waals surface area contributed by atoms with E-state index in [4.69, 9.17) is 18.9 Å². The summed E-state index contributed by atoms with van der Waals surface area (Å²) in [7, 11) is 0. The van der Waals surface area contributed by atoms with Crippen molar-refractivity contribution in [3.8, 4) is 11.5 Å². The van der Waals surface area contributed by atoms with Gasteiger partial charge in [-0.05, 0) is 75.7 Å². The van der Waals surface area contributed by atoms with Gasteiger partial charge in [-0.15, -0.1) is 0 Å². The molecule has 0 amide bonds. The zero-order valence-corrected chi connectivity index (χ0v) is 24.7. The number of benzene rings is 4. The number of ether oxygens (including phenoxy) is 4. The van der Waals surface area contributed by atoms with Crippen molar-refractivity contribution in [1.29, 1.82) is 0 Å². The van der Waals surface area contributed by atoms with E-state index >= 15 is 0 Å². The van der Waals surface area contributed by atoms with Crippen molar-refractivity contribution in [2.75, 3.05) is 23.8 Å². The van der Waals surface area contributed by atoms with Gasteiger partial charge in [0.05, 0.1) is 5.56 Å². The van der Waals surface area contributed by atoms with E-state index in [9.17, 15) is 4.79 Å². The first-order valence-electron chi connectivity index (χ1n) is 14.5. The standard InChI is InChI=1S/C35H36N2O5/c1-6-34(39-7-2,40-8-3)37-25-14-16-28-32(21-25)41-31-18-15-24(36-30-17-13-22(4)19-23(30)5)20-29(31)35(28)27-12-10-9-11-26(27)33(38)42-35/h9-21,36-37H,6-8H2,1-5H3. The Hall–Kier alpha value is -4.33. The zero-order valence-electron chi connectivity index (χ0n) is 24.7. The quantitative estimate of drug-likeness (QED) is 0.157. The molecule has 7 nitrogen and oxygen atoms in total. The molecule has 0 bridgehead atoms. The average Bonchev–Trinajstić information content (AvgIpc) is 3.28. The van der Waals surface area contributed by atoms with E-state index in [0.29, 0.717) is 36.7 Å². The number of hydrogen-bond donors (Lipinski definition) is 2. The molecule has 6 rings (SSSR count). The molecule has 4 aromatic carbocycles. The highest BCUT2D eigenvalue weighted by Crippen LogP contribution is 2.57. The summed E-state index contributed by atoms with van der Waals surface area (Å²) in [5, 5.41) is 6.97. The highest BCUT2D eigenvalue weighted by Gasteiger charge is 2.53. The lowest BCUT2D eigenvalue weighted by Gasteiger charge is -2.38. The van der Waals surface area contributed by atoms with Crippen LogP contribution in [0.5, 0.6) is 11.5 Å². The molecule has 216 valence electrons. The summed E-state index contributed by atoms with van der Waals surface area (Å²) in [6, 6.07) is 25.6. The van der Waals surface area contributed by atoms with Crippen molar-refractivity contribution in [3.05, 3.63) is 112 Å². The lowest BCUT2D eigenvalue weighted by molar-refractivity contribution is -0.214. The van der Waals surface area contributed by atoms with Crippen LogP contribution >= 0.6 is 0 Å². The Labute approximate surface area is 246 Å². The molecule has 7 heteroatoms. The molecule has 0 aromatic heterocycles. The summed E-state index contributed by atoms with van der Waals surface area (Å²) in [6.07, 6.45) is 0.598. The fourth-order valence-corrected chi connectivity index (χ4v) is 6.03. The molecule has 0 saturated carbocycles. The molecule has 0 aliphatic carbocycles. The van der Waals surface area contributed by atoms with E-state index in [0.717, 1.165) is 39.3 Å². The van der Waals surface area contributed by atoms with Gasteiger partial charge in [0.15, 0.2) is 5.60 Å². The van der Waals surface area contributed by atoms with Crippen molar-refractivity contribution in [2.24, 2.45) is 0 Å². The Balaban J connectivity index is 1.47. The number of nitrogens with one attached hydrogen (secondary N) is 2. The number of fused-ring (bicyclic) bond motifs is 6. The van der Waals surface area contributed by atoms with Crippen LogP contribution in [0.4, 0.5) is 17.1 Å². The van der Waals surface area contributed by atoms with E-state index in [1.54, 1.807) is 0 Å². The van der Waals surface area contributed by atoms with Gasteiger partial charge in [-0.25, -0.2) is 4.79 Å². The van der Waals surface area contributed by atoms with E-state index in [1.807, 2.05) is 81.4 Å². The maximum absolute atomic E-state index is 13.3. The van der Waals surface area contributed by atoms with E-state index < -0.39 is 11.5 Å². The number of anilines is 3. The largest absolute Gasteiger partial charge is 0.456 e. The SMILES string of the molecule is CCOC(CC)(Nc1ccc2c(c1)Oc1ccc(Nc3ccc(C)cc3C)cc1C21OC(=O)c2ccccc21)OCC. The summed E-state index contributed by atoms with van der Waals surface area (Å²) in [5.74, 6) is -0.128. The average molecular weight is 565 g/mol. The normalized spacial score (nSPS) is 16.7. The van der Waals surface area contributed by atoms with Crippen LogP contribution in [0.25, 0.3) is 0 Å². The highest BCUT2D eigenvalue weighted by molar-refractivity contribution is 5.97. The van der Waals surface area contributed by atoms with Gasteiger partial charge in [-0.1, -0.05) is 42.8 Å². The summed E-state index contributed by atoms with van der Waals surface area (Å²) in [4.78, 5) is 13.3. The van der Waals surface area contributed by atoms with Crippen LogP contribution in [0.15, 0.2) is 78.9 Å². The lowest BCUT2D eigenvalue weighted by Crippen LogP contribution is -2.43. The monoisotopic (exact) mass is 564 g/mol. The van der Waals surface area contributed by atoms with Crippen molar-refractivity contribution in [2.45, 2.75) is 52.6 Å². The summed E-state index contributed by atoms with van der Waals surface area (Å²) in [6.45, 7) is 11.0. The third-order valence-electron chi connectivity index (χ3n) is 7.93. The predicted octanol–water partition coefficient (Wildman–Crippen LogP) is 8.16. The highest BCUT2D eigenvalue weighted by atomic mass is 16.7. The number of carbonyl (C=O) groups is 1. The summed E-state index contributed by atoms with van der Waals surface area (Å²) < 4.78 is 24.9. The number of aryl methyl sites for hydroxylation is 2. The Bertz CT molecular complexity index is 1660. The zero-order chi connectivity index (χ0) is 29.5. The molecule has 1 atom stereocenters. The minimum Gasteiger partial charge on any atom is -0.456 e. The van der Waals surface area contributed by atoms with Gasteiger partial charge in [0.2, 0.25) is 5.91 Å². The minimum absolute atomic E-state index is 0.364. The van der Waals surface area contributed by atoms with Crippen LogP contribution in [-0.2, 0) is 19.8 Å². The van der Waals surface area contributed by atoms with Gasteiger partial charge < -0.3 is 29.6 Å². The van der Waals surface area contributed by atoms with Crippen molar-refractivity contribution in [1.82, 2.24) is 0 Å². The maximum atomic E-state index is 13.3.